The van der Waals surface area contributed by atoms with E-state index in [0.29, 0.717) is 6.04 Å². The van der Waals surface area contributed by atoms with Gasteiger partial charge in [0.25, 0.3) is 0 Å². The highest BCUT2D eigenvalue weighted by molar-refractivity contribution is 9.11. The lowest BCUT2D eigenvalue weighted by Crippen LogP contribution is -2.24. The van der Waals surface area contributed by atoms with Gasteiger partial charge in [0.1, 0.15) is 0 Å². The Hall–Kier alpha value is 0.140. The number of nitrogens with one attached hydrogen (secondary N) is 1. The van der Waals surface area contributed by atoms with E-state index in [1.165, 1.54) is 35.7 Å². The van der Waals surface area contributed by atoms with Gasteiger partial charge in [-0.05, 0) is 49.6 Å². The van der Waals surface area contributed by atoms with Gasteiger partial charge >= 0.3 is 0 Å². The molecule has 0 amide bonds. The van der Waals surface area contributed by atoms with Crippen molar-refractivity contribution < 1.29 is 0 Å². The Kier molecular flexibility index (Phi) is 4.45. The van der Waals surface area contributed by atoms with Crippen LogP contribution in [0.3, 0.4) is 0 Å². The summed E-state index contributed by atoms with van der Waals surface area (Å²) in [5, 5.41) is 3.48. The molecule has 1 N–H and O–H groups in total. The minimum Gasteiger partial charge on any atom is -0.313 e. The van der Waals surface area contributed by atoms with E-state index in [9.17, 15) is 0 Å². The fourth-order valence-electron chi connectivity index (χ4n) is 2.69. The molecule has 88 valence electrons. The first-order valence-electron chi connectivity index (χ1n) is 5.84. The molecule has 0 aromatic heterocycles. The molecule has 0 spiro atoms. The van der Waals surface area contributed by atoms with E-state index < -0.39 is 0 Å². The fraction of sp³-hybridized carbons (Fsp3) is 0.538. The molecule has 0 saturated heterocycles. The quantitative estimate of drug-likeness (QED) is 0.839. The summed E-state index contributed by atoms with van der Waals surface area (Å²) < 4.78 is 2.37. The second-order valence-electron chi connectivity index (χ2n) is 4.48. The normalized spacial score (nSPS) is 18.9. The van der Waals surface area contributed by atoms with Gasteiger partial charge < -0.3 is 5.32 Å². The van der Waals surface area contributed by atoms with Gasteiger partial charge in [-0.3, -0.25) is 0 Å². The van der Waals surface area contributed by atoms with Crippen molar-refractivity contribution in [2.45, 2.75) is 31.7 Å². The van der Waals surface area contributed by atoms with Crippen LogP contribution in [0.1, 0.15) is 37.3 Å². The Morgan fingerprint density at radius 3 is 2.56 bits per heavy atom. The minimum atomic E-state index is 0.481. The van der Waals surface area contributed by atoms with Crippen LogP contribution in [-0.4, -0.2) is 7.05 Å². The molecule has 0 bridgehead atoms. The van der Waals surface area contributed by atoms with Gasteiger partial charge in [-0.15, -0.1) is 0 Å². The predicted octanol–water partition coefficient (Wildman–Crippen LogP) is 4.66. The minimum absolute atomic E-state index is 0.481. The molecule has 0 radical (unpaired) electrons. The third kappa shape index (κ3) is 2.69. The second-order valence-corrected chi connectivity index (χ2v) is 6.25. The number of hydrogen-bond donors (Lipinski definition) is 1. The van der Waals surface area contributed by atoms with Crippen LogP contribution in [0.4, 0.5) is 0 Å². The summed E-state index contributed by atoms with van der Waals surface area (Å²) in [5.74, 6) is 0.788. The maximum atomic E-state index is 3.66. The summed E-state index contributed by atoms with van der Waals surface area (Å²) in [4.78, 5) is 0. The van der Waals surface area contributed by atoms with Gasteiger partial charge in [0.15, 0.2) is 0 Å². The number of halogens is 2. The molecule has 1 aromatic rings. The third-order valence-electron chi connectivity index (χ3n) is 3.48. The molecule has 1 aliphatic rings. The van der Waals surface area contributed by atoms with Crippen LogP contribution in [0.15, 0.2) is 27.1 Å². The smallest absolute Gasteiger partial charge is 0.0357 e. The summed E-state index contributed by atoms with van der Waals surface area (Å²) in [6.45, 7) is 0. The van der Waals surface area contributed by atoms with Crippen molar-refractivity contribution in [2.75, 3.05) is 7.05 Å². The Labute approximate surface area is 114 Å². The molecule has 1 aliphatic carbocycles. The average Bonchev–Trinajstić information content (AvgIpc) is 2.78. The van der Waals surface area contributed by atoms with Crippen LogP contribution in [0.25, 0.3) is 0 Å². The van der Waals surface area contributed by atoms with Gasteiger partial charge in [0.05, 0.1) is 0 Å². The van der Waals surface area contributed by atoms with Gasteiger partial charge in [0, 0.05) is 15.0 Å². The second kappa shape index (κ2) is 5.65. The maximum Gasteiger partial charge on any atom is 0.0357 e. The highest BCUT2D eigenvalue weighted by atomic mass is 79.9. The Balaban J connectivity index is 2.28. The maximum absolute atomic E-state index is 3.66. The van der Waals surface area contributed by atoms with Crippen LogP contribution in [-0.2, 0) is 0 Å². The molecule has 1 saturated carbocycles. The number of rotatable bonds is 3. The highest BCUT2D eigenvalue weighted by Crippen LogP contribution is 2.38. The Morgan fingerprint density at radius 2 is 1.94 bits per heavy atom. The van der Waals surface area contributed by atoms with E-state index >= 15 is 0 Å². The topological polar surface area (TPSA) is 12.0 Å². The van der Waals surface area contributed by atoms with Crippen molar-refractivity contribution in [1.29, 1.82) is 0 Å². The summed E-state index contributed by atoms with van der Waals surface area (Å²) in [6, 6.07) is 6.91. The zero-order valence-corrected chi connectivity index (χ0v) is 12.6. The first-order valence-corrected chi connectivity index (χ1v) is 7.43. The van der Waals surface area contributed by atoms with Crippen molar-refractivity contribution >= 4 is 31.9 Å². The summed E-state index contributed by atoms with van der Waals surface area (Å²) in [7, 11) is 2.07. The van der Waals surface area contributed by atoms with E-state index in [4.69, 9.17) is 0 Å². The monoisotopic (exact) mass is 345 g/mol. The number of benzene rings is 1. The molecule has 1 nitrogen and oxygen atoms in total. The largest absolute Gasteiger partial charge is 0.313 e. The SMILES string of the molecule is CNC(c1cc(Br)ccc1Br)C1CCCC1. The highest BCUT2D eigenvalue weighted by Gasteiger charge is 2.26. The van der Waals surface area contributed by atoms with Crippen molar-refractivity contribution in [1.82, 2.24) is 5.32 Å². The van der Waals surface area contributed by atoms with Crippen LogP contribution in [0, 0.1) is 5.92 Å². The van der Waals surface area contributed by atoms with Gasteiger partial charge in [0.2, 0.25) is 0 Å². The third-order valence-corrected chi connectivity index (χ3v) is 4.69. The van der Waals surface area contributed by atoms with Gasteiger partial charge in [-0.1, -0.05) is 44.7 Å². The molecule has 3 heteroatoms. The first kappa shape index (κ1) is 12.6. The van der Waals surface area contributed by atoms with E-state index in [1.54, 1.807) is 0 Å². The van der Waals surface area contributed by atoms with Crippen LogP contribution in [0.5, 0.6) is 0 Å². The molecule has 1 aromatic carbocycles. The molecule has 1 fully saturated rings. The molecule has 0 heterocycles. The summed E-state index contributed by atoms with van der Waals surface area (Å²) in [5.41, 5.74) is 1.38. The van der Waals surface area contributed by atoms with Crippen LogP contribution in [0.2, 0.25) is 0 Å². The lowest BCUT2D eigenvalue weighted by molar-refractivity contribution is 0.389. The van der Waals surface area contributed by atoms with E-state index in [-0.39, 0.29) is 0 Å². The predicted molar refractivity (Wildman–Crippen MR) is 75.6 cm³/mol. The Bertz CT molecular complexity index is 359. The lowest BCUT2D eigenvalue weighted by Gasteiger charge is -2.24. The zero-order chi connectivity index (χ0) is 11.5. The summed E-state index contributed by atoms with van der Waals surface area (Å²) in [6.07, 6.45) is 5.47. The van der Waals surface area contributed by atoms with Gasteiger partial charge in [-0.25, -0.2) is 0 Å². The van der Waals surface area contributed by atoms with Crippen molar-refractivity contribution in [2.24, 2.45) is 5.92 Å². The molecule has 1 atom stereocenters. The van der Waals surface area contributed by atoms with Crippen LogP contribution < -0.4 is 5.32 Å². The molecule has 0 aliphatic heterocycles. The Morgan fingerprint density at radius 1 is 1.25 bits per heavy atom. The van der Waals surface area contributed by atoms with Crippen LogP contribution >= 0.6 is 31.9 Å². The van der Waals surface area contributed by atoms with Crippen molar-refractivity contribution in [3.8, 4) is 0 Å². The molecular weight excluding hydrogens is 330 g/mol. The van der Waals surface area contributed by atoms with E-state index in [2.05, 4.69) is 62.4 Å². The van der Waals surface area contributed by atoms with Gasteiger partial charge in [-0.2, -0.15) is 0 Å². The number of hydrogen-bond acceptors (Lipinski definition) is 1. The van der Waals surface area contributed by atoms with E-state index in [1.807, 2.05) is 0 Å². The van der Waals surface area contributed by atoms with Crippen molar-refractivity contribution in [3.63, 3.8) is 0 Å². The average molecular weight is 347 g/mol. The lowest BCUT2D eigenvalue weighted by atomic mass is 9.92. The molecule has 2 rings (SSSR count). The van der Waals surface area contributed by atoms with Crippen molar-refractivity contribution in [3.05, 3.63) is 32.7 Å². The first-order chi connectivity index (χ1) is 7.72. The summed E-state index contributed by atoms with van der Waals surface area (Å²) >= 11 is 7.21. The molecule has 1 unspecified atom stereocenters. The molecule has 16 heavy (non-hydrogen) atoms. The molecular formula is C13H17Br2N. The fourth-order valence-corrected chi connectivity index (χ4v) is 3.56. The standard InChI is InChI=1S/C13H17Br2N/c1-16-13(9-4-2-3-5-9)11-8-10(14)6-7-12(11)15/h6-9,13,16H,2-5H2,1H3. The van der Waals surface area contributed by atoms with E-state index in [0.717, 1.165) is 10.4 Å². The zero-order valence-electron chi connectivity index (χ0n) is 9.47.